The Hall–Kier alpha value is -0.370. The molecule has 0 aromatic carbocycles. The number of carbonyl (C=O) groups is 1. The quantitative estimate of drug-likeness (QED) is 0.839. The highest BCUT2D eigenvalue weighted by Gasteiger charge is 2.56. The number of carbonyl (C=O) groups excluding carboxylic acids is 1. The number of hydrogen-bond donors (Lipinski definition) is 1. The molecule has 4 aliphatic carbocycles. The molecule has 2 heteroatoms. The molecule has 2 unspecified atom stereocenters. The minimum atomic E-state index is 0.144. The molecule has 2 heterocycles. The van der Waals surface area contributed by atoms with Gasteiger partial charge in [-0.2, -0.15) is 0 Å². The van der Waals surface area contributed by atoms with Crippen LogP contribution in [0.25, 0.3) is 0 Å². The van der Waals surface area contributed by atoms with E-state index in [-0.39, 0.29) is 5.41 Å². The van der Waals surface area contributed by atoms with Gasteiger partial charge in [0.25, 0.3) is 0 Å². The van der Waals surface area contributed by atoms with Crippen molar-refractivity contribution in [2.24, 2.45) is 29.1 Å². The summed E-state index contributed by atoms with van der Waals surface area (Å²) in [5.74, 6) is 3.84. The first-order chi connectivity index (χ1) is 10.2. The molecule has 4 saturated carbocycles. The topological polar surface area (TPSA) is 29.1 Å². The van der Waals surface area contributed by atoms with Crippen molar-refractivity contribution < 1.29 is 4.79 Å². The maximum atomic E-state index is 13.5. The lowest BCUT2D eigenvalue weighted by Gasteiger charge is -2.57. The molecule has 1 N–H and O–H groups in total. The standard InChI is InChI=1S/C19H29NO/c21-18(15-7-16-2-1-3-17(8-15)20-16)19-9-12-4-13(10-19)6-14(5-12)11-19/h12-17,20H,1-11H2. The van der Waals surface area contributed by atoms with Gasteiger partial charge in [-0.1, -0.05) is 6.42 Å². The van der Waals surface area contributed by atoms with Gasteiger partial charge in [-0.05, 0) is 82.0 Å². The smallest absolute Gasteiger partial charge is 0.142 e. The van der Waals surface area contributed by atoms with E-state index in [9.17, 15) is 4.79 Å². The van der Waals surface area contributed by atoms with Gasteiger partial charge in [0.2, 0.25) is 0 Å². The Morgan fingerprint density at radius 3 is 1.86 bits per heavy atom. The van der Waals surface area contributed by atoms with E-state index in [0.29, 0.717) is 18.0 Å². The van der Waals surface area contributed by atoms with Crippen molar-refractivity contribution in [3.8, 4) is 0 Å². The summed E-state index contributed by atoms with van der Waals surface area (Å²) < 4.78 is 0. The van der Waals surface area contributed by atoms with Crippen molar-refractivity contribution in [1.29, 1.82) is 0 Å². The summed E-state index contributed by atoms with van der Waals surface area (Å²) in [6, 6.07) is 1.31. The lowest BCUT2D eigenvalue weighted by molar-refractivity contribution is -0.150. The highest BCUT2D eigenvalue weighted by atomic mass is 16.1. The van der Waals surface area contributed by atoms with Crippen LogP contribution in [-0.4, -0.2) is 17.9 Å². The molecule has 0 radical (unpaired) electrons. The third kappa shape index (κ3) is 2.04. The molecule has 6 fully saturated rings. The number of Topliss-reactive ketones (excluding diaryl/α,β-unsaturated/α-hetero) is 1. The van der Waals surface area contributed by atoms with E-state index in [2.05, 4.69) is 5.32 Å². The van der Waals surface area contributed by atoms with Gasteiger partial charge in [-0.15, -0.1) is 0 Å². The zero-order valence-corrected chi connectivity index (χ0v) is 13.2. The Morgan fingerprint density at radius 1 is 0.810 bits per heavy atom. The summed E-state index contributed by atoms with van der Waals surface area (Å²) in [4.78, 5) is 13.5. The SMILES string of the molecule is O=C(C1CC2CCCC(C1)N2)C12CC3CC(CC(C3)C1)C2. The minimum absolute atomic E-state index is 0.144. The molecule has 2 aliphatic heterocycles. The molecule has 0 spiro atoms. The molecule has 116 valence electrons. The summed E-state index contributed by atoms with van der Waals surface area (Å²) in [5.41, 5.74) is 0.144. The minimum Gasteiger partial charge on any atom is -0.311 e. The van der Waals surface area contributed by atoms with Crippen LogP contribution in [0.1, 0.15) is 70.6 Å². The Labute approximate surface area is 128 Å². The third-order valence-electron chi connectivity index (χ3n) is 7.65. The summed E-state index contributed by atoms with van der Waals surface area (Å²) in [6.07, 6.45) is 14.4. The second-order valence-corrected chi connectivity index (χ2v) is 9.22. The second kappa shape index (κ2) is 4.57. The number of ketones is 1. The highest BCUT2D eigenvalue weighted by Crippen LogP contribution is 2.61. The van der Waals surface area contributed by atoms with Gasteiger partial charge in [-0.25, -0.2) is 0 Å². The summed E-state index contributed by atoms with van der Waals surface area (Å²) in [7, 11) is 0. The van der Waals surface area contributed by atoms with Crippen molar-refractivity contribution in [2.75, 3.05) is 0 Å². The van der Waals surface area contributed by atoms with Crippen molar-refractivity contribution >= 4 is 5.78 Å². The van der Waals surface area contributed by atoms with Gasteiger partial charge in [0, 0.05) is 23.4 Å². The van der Waals surface area contributed by atoms with Gasteiger partial charge in [0.15, 0.2) is 0 Å². The average molecular weight is 287 g/mol. The largest absolute Gasteiger partial charge is 0.311 e. The Balaban J connectivity index is 1.38. The lowest BCUT2D eigenvalue weighted by atomic mass is 9.47. The molecule has 0 amide bonds. The van der Waals surface area contributed by atoms with Gasteiger partial charge >= 0.3 is 0 Å². The molecule has 21 heavy (non-hydrogen) atoms. The van der Waals surface area contributed by atoms with E-state index in [1.54, 1.807) is 0 Å². The molecule has 6 rings (SSSR count). The second-order valence-electron chi connectivity index (χ2n) is 9.22. The van der Waals surface area contributed by atoms with E-state index in [1.165, 1.54) is 57.8 Å². The van der Waals surface area contributed by atoms with Crippen LogP contribution in [0.4, 0.5) is 0 Å². The molecule has 6 aliphatic rings. The molecule has 2 saturated heterocycles. The van der Waals surface area contributed by atoms with Crippen molar-refractivity contribution in [3.63, 3.8) is 0 Å². The van der Waals surface area contributed by atoms with Crippen LogP contribution in [0.3, 0.4) is 0 Å². The van der Waals surface area contributed by atoms with Gasteiger partial charge in [0.05, 0.1) is 0 Å². The van der Waals surface area contributed by atoms with Crippen LogP contribution in [0.2, 0.25) is 0 Å². The van der Waals surface area contributed by atoms with Gasteiger partial charge in [0.1, 0.15) is 5.78 Å². The zero-order valence-electron chi connectivity index (χ0n) is 13.2. The summed E-state index contributed by atoms with van der Waals surface area (Å²) >= 11 is 0. The number of rotatable bonds is 2. The Bertz CT molecular complexity index is 409. The first kappa shape index (κ1) is 13.1. The zero-order chi connectivity index (χ0) is 14.0. The van der Waals surface area contributed by atoms with Crippen LogP contribution in [0.5, 0.6) is 0 Å². The Kier molecular flexibility index (Phi) is 2.85. The van der Waals surface area contributed by atoms with E-state index < -0.39 is 0 Å². The fourth-order valence-electron chi connectivity index (χ4n) is 7.33. The van der Waals surface area contributed by atoms with Crippen LogP contribution in [-0.2, 0) is 4.79 Å². The normalized spacial score (nSPS) is 54.7. The summed E-state index contributed by atoms with van der Waals surface area (Å²) in [6.45, 7) is 0. The monoisotopic (exact) mass is 287 g/mol. The van der Waals surface area contributed by atoms with Crippen molar-refractivity contribution in [3.05, 3.63) is 0 Å². The lowest BCUT2D eigenvalue weighted by Crippen LogP contribution is -2.55. The van der Waals surface area contributed by atoms with Crippen molar-refractivity contribution in [2.45, 2.75) is 82.7 Å². The summed E-state index contributed by atoms with van der Waals surface area (Å²) in [5, 5.41) is 3.76. The van der Waals surface area contributed by atoms with Crippen LogP contribution in [0.15, 0.2) is 0 Å². The predicted molar refractivity (Wildman–Crippen MR) is 82.9 cm³/mol. The molecule has 0 aromatic rings. The molecular formula is C19H29NO. The number of piperidine rings is 2. The van der Waals surface area contributed by atoms with Crippen molar-refractivity contribution in [1.82, 2.24) is 5.32 Å². The first-order valence-corrected chi connectivity index (χ1v) is 9.50. The first-order valence-electron chi connectivity index (χ1n) is 9.50. The van der Waals surface area contributed by atoms with Gasteiger partial charge in [-0.3, -0.25) is 4.79 Å². The van der Waals surface area contributed by atoms with E-state index in [1.807, 2.05) is 0 Å². The predicted octanol–water partition coefficient (Wildman–Crippen LogP) is 3.69. The number of nitrogens with one attached hydrogen (secondary N) is 1. The fraction of sp³-hybridized carbons (Fsp3) is 0.947. The molecule has 2 nitrogen and oxygen atoms in total. The molecule has 0 aromatic heterocycles. The number of fused-ring (bicyclic) bond motifs is 2. The van der Waals surface area contributed by atoms with Crippen LogP contribution < -0.4 is 5.32 Å². The molecular weight excluding hydrogens is 258 g/mol. The Morgan fingerprint density at radius 2 is 1.33 bits per heavy atom. The molecule has 6 bridgehead atoms. The average Bonchev–Trinajstić information content (AvgIpc) is 2.44. The van der Waals surface area contributed by atoms with E-state index in [0.717, 1.165) is 36.4 Å². The maximum absolute atomic E-state index is 13.5. The third-order valence-corrected chi connectivity index (χ3v) is 7.65. The van der Waals surface area contributed by atoms with Crippen LogP contribution in [0, 0.1) is 29.1 Å². The van der Waals surface area contributed by atoms with E-state index in [4.69, 9.17) is 0 Å². The van der Waals surface area contributed by atoms with Crippen LogP contribution >= 0.6 is 0 Å². The highest BCUT2D eigenvalue weighted by molar-refractivity contribution is 5.87. The fourth-order valence-corrected chi connectivity index (χ4v) is 7.33. The van der Waals surface area contributed by atoms with Gasteiger partial charge < -0.3 is 5.32 Å². The maximum Gasteiger partial charge on any atom is 0.142 e. The molecule has 2 atom stereocenters. The van der Waals surface area contributed by atoms with E-state index >= 15 is 0 Å². The number of hydrogen-bond acceptors (Lipinski definition) is 2.